The Morgan fingerprint density at radius 1 is 1.10 bits per heavy atom. The second-order valence-electron chi connectivity index (χ2n) is 11.7. The summed E-state index contributed by atoms with van der Waals surface area (Å²) in [5, 5.41) is 0. The van der Waals surface area contributed by atoms with Crippen molar-refractivity contribution in [3.8, 4) is 5.69 Å². The normalized spacial score (nSPS) is 27.2. The van der Waals surface area contributed by atoms with Crippen LogP contribution < -0.4 is 0 Å². The molecule has 2 aromatic carbocycles. The van der Waals surface area contributed by atoms with E-state index >= 15 is 0 Å². The number of rotatable bonds is 4. The number of amidine groups is 1. The molecule has 0 saturated carbocycles. The Morgan fingerprint density at radius 2 is 1.90 bits per heavy atom. The van der Waals surface area contributed by atoms with Crippen molar-refractivity contribution in [2.45, 2.75) is 38.6 Å². The van der Waals surface area contributed by atoms with Crippen molar-refractivity contribution >= 4 is 33.7 Å². The summed E-state index contributed by atoms with van der Waals surface area (Å²) in [6, 6.07) is 11.2. The van der Waals surface area contributed by atoms with E-state index in [0.29, 0.717) is 18.1 Å². The zero-order valence-corrected chi connectivity index (χ0v) is 23.9. The van der Waals surface area contributed by atoms with Crippen LogP contribution in [0.3, 0.4) is 0 Å². The summed E-state index contributed by atoms with van der Waals surface area (Å²) in [5.41, 5.74) is 6.99. The van der Waals surface area contributed by atoms with Gasteiger partial charge < -0.3 is 14.0 Å². The number of piperidine rings is 1. The zero-order chi connectivity index (χ0) is 27.6. The molecule has 5 heterocycles. The van der Waals surface area contributed by atoms with Crippen molar-refractivity contribution in [2.24, 2.45) is 17.5 Å². The van der Waals surface area contributed by atoms with Gasteiger partial charge in [0.2, 0.25) is 0 Å². The molecule has 7 nitrogen and oxygen atoms in total. The molecule has 1 unspecified atom stereocenters. The van der Waals surface area contributed by atoms with Gasteiger partial charge in [0.15, 0.2) is 0 Å². The third-order valence-corrected chi connectivity index (χ3v) is 10.8. The highest BCUT2D eigenvalue weighted by atomic mass is 32.2. The minimum atomic E-state index is -0.784. The first-order valence-corrected chi connectivity index (χ1v) is 15.4. The summed E-state index contributed by atoms with van der Waals surface area (Å²) < 4.78 is 30.4. The van der Waals surface area contributed by atoms with Gasteiger partial charge in [0.05, 0.1) is 35.1 Å². The number of imidazole rings is 2. The van der Waals surface area contributed by atoms with Gasteiger partial charge in [0.1, 0.15) is 17.2 Å². The predicted molar refractivity (Wildman–Crippen MR) is 157 cm³/mol. The highest BCUT2D eigenvalue weighted by molar-refractivity contribution is 7.86. The van der Waals surface area contributed by atoms with Crippen LogP contribution in [0.5, 0.6) is 0 Å². The van der Waals surface area contributed by atoms with Crippen LogP contribution in [0.1, 0.15) is 43.5 Å². The predicted octanol–water partition coefficient (Wildman–Crippen LogP) is 5.02. The number of nitrogens with zero attached hydrogens (tertiary/aromatic N) is 6. The first-order chi connectivity index (χ1) is 19.3. The maximum Gasteiger partial charge on any atom is 0.127 e. The number of hydrogen-bond acceptors (Lipinski definition) is 5. The number of halogens is 1. The maximum atomic E-state index is 13.8. The summed E-state index contributed by atoms with van der Waals surface area (Å²) in [6.45, 7) is 5.86. The van der Waals surface area contributed by atoms with Crippen LogP contribution in [0.4, 0.5) is 4.39 Å². The summed E-state index contributed by atoms with van der Waals surface area (Å²) in [7, 11) is 1.24. The molecule has 3 aliphatic heterocycles. The standard InChI is InChI=1S/C31H33FN6OS/c1-4-25-15-37(20-34-25)26-10-5-21(28-27(26)35-19-36(28)3)13-22-14-31(17-40(39)18-31)16-38-29(22)33-12-11-30(38,2)23-6-8-24(32)9-7-23/h5-10,13,15,19-20H,4,11-12,14,16-18H2,1-3H3/b22-13+. The minimum Gasteiger partial charge on any atom is -0.347 e. The summed E-state index contributed by atoms with van der Waals surface area (Å²) >= 11 is 0. The number of aromatic nitrogens is 4. The van der Waals surface area contributed by atoms with Crippen molar-refractivity contribution in [1.82, 2.24) is 24.0 Å². The van der Waals surface area contributed by atoms with Crippen molar-refractivity contribution in [2.75, 3.05) is 24.6 Å². The SMILES string of the molecule is CCc1cn(-c2ccc(/C=C3\CC4(CN5C3=NCCC5(C)c3ccc(F)cc3)CS(=O)C4)c3c2ncn3C)cn1. The van der Waals surface area contributed by atoms with Gasteiger partial charge in [-0.25, -0.2) is 14.4 Å². The van der Waals surface area contributed by atoms with E-state index in [9.17, 15) is 8.60 Å². The molecule has 0 N–H and O–H groups in total. The van der Waals surface area contributed by atoms with Gasteiger partial charge >= 0.3 is 0 Å². The number of aliphatic imine (C=N–C) groups is 1. The summed E-state index contributed by atoms with van der Waals surface area (Å²) in [5.74, 6) is 2.18. The second kappa shape index (κ2) is 9.23. The fourth-order valence-electron chi connectivity index (χ4n) is 6.77. The Morgan fingerprint density at radius 3 is 2.62 bits per heavy atom. The maximum absolute atomic E-state index is 13.8. The Balaban J connectivity index is 1.35. The average Bonchev–Trinajstić information content (AvgIpc) is 3.56. The molecule has 0 aliphatic carbocycles. The van der Waals surface area contributed by atoms with Gasteiger partial charge in [0, 0.05) is 59.6 Å². The van der Waals surface area contributed by atoms with E-state index in [2.05, 4.69) is 52.7 Å². The summed E-state index contributed by atoms with van der Waals surface area (Å²) in [4.78, 5) is 16.8. The molecule has 1 atom stereocenters. The fourth-order valence-corrected chi connectivity index (χ4v) is 8.43. The quantitative estimate of drug-likeness (QED) is 0.354. The lowest BCUT2D eigenvalue weighted by molar-refractivity contribution is 0.102. The Hall–Kier alpha value is -3.59. The highest BCUT2D eigenvalue weighted by Gasteiger charge is 2.53. The van der Waals surface area contributed by atoms with Crippen molar-refractivity contribution in [3.63, 3.8) is 0 Å². The number of benzene rings is 2. The Bertz CT molecular complexity index is 1710. The average molecular weight is 557 g/mol. The fraction of sp³-hybridized carbons (Fsp3) is 0.387. The molecular formula is C31H33FN6OS. The third kappa shape index (κ3) is 3.97. The minimum absolute atomic E-state index is 0.0484. The molecule has 1 spiro atoms. The van der Waals surface area contributed by atoms with Crippen LogP contribution in [0, 0.1) is 11.2 Å². The monoisotopic (exact) mass is 556 g/mol. The third-order valence-electron chi connectivity index (χ3n) is 8.94. The molecule has 2 saturated heterocycles. The molecule has 3 aliphatic rings. The van der Waals surface area contributed by atoms with Gasteiger partial charge in [-0.3, -0.25) is 9.20 Å². The van der Waals surface area contributed by atoms with E-state index in [1.165, 1.54) is 5.57 Å². The highest BCUT2D eigenvalue weighted by Crippen LogP contribution is 2.48. The Kier molecular flexibility index (Phi) is 5.85. The molecule has 0 amide bonds. The second-order valence-corrected chi connectivity index (χ2v) is 13.2. The van der Waals surface area contributed by atoms with Crippen LogP contribution in [0.15, 0.2) is 65.8 Å². The van der Waals surface area contributed by atoms with E-state index in [1.54, 1.807) is 12.1 Å². The van der Waals surface area contributed by atoms with E-state index < -0.39 is 10.8 Å². The van der Waals surface area contributed by atoms with Crippen LogP contribution in [-0.2, 0) is 29.8 Å². The van der Waals surface area contributed by atoms with Crippen molar-refractivity contribution < 1.29 is 8.60 Å². The van der Waals surface area contributed by atoms with E-state index in [0.717, 1.165) is 65.2 Å². The Labute approximate surface area is 235 Å². The largest absolute Gasteiger partial charge is 0.347 e. The molecule has 4 aromatic rings. The number of hydrogen-bond donors (Lipinski definition) is 0. The van der Waals surface area contributed by atoms with Gasteiger partial charge in [-0.2, -0.15) is 0 Å². The molecular weight excluding hydrogens is 523 g/mol. The molecule has 9 heteroatoms. The molecule has 206 valence electrons. The lowest BCUT2D eigenvalue weighted by Gasteiger charge is -2.56. The van der Waals surface area contributed by atoms with Gasteiger partial charge in [0.25, 0.3) is 0 Å². The molecule has 2 aromatic heterocycles. The molecule has 2 fully saturated rings. The molecule has 40 heavy (non-hydrogen) atoms. The van der Waals surface area contributed by atoms with Crippen LogP contribution in [0.25, 0.3) is 22.8 Å². The van der Waals surface area contributed by atoms with E-state index in [1.807, 2.05) is 36.4 Å². The summed E-state index contributed by atoms with van der Waals surface area (Å²) in [6.07, 6.45) is 10.6. The van der Waals surface area contributed by atoms with Gasteiger partial charge in [-0.05, 0) is 61.6 Å². The topological polar surface area (TPSA) is 68.3 Å². The van der Waals surface area contributed by atoms with Crippen LogP contribution in [0.2, 0.25) is 0 Å². The van der Waals surface area contributed by atoms with Crippen LogP contribution in [-0.4, -0.2) is 58.6 Å². The number of aryl methyl sites for hydroxylation is 2. The lowest BCUT2D eigenvalue weighted by Crippen LogP contribution is -2.63. The van der Waals surface area contributed by atoms with Gasteiger partial charge in [-0.15, -0.1) is 0 Å². The lowest BCUT2D eigenvalue weighted by atomic mass is 9.74. The van der Waals surface area contributed by atoms with Gasteiger partial charge in [-0.1, -0.05) is 25.1 Å². The number of fused-ring (bicyclic) bond motifs is 2. The molecule has 7 rings (SSSR count). The molecule has 0 radical (unpaired) electrons. The smallest absolute Gasteiger partial charge is 0.127 e. The first kappa shape index (κ1) is 25.4. The van der Waals surface area contributed by atoms with E-state index in [4.69, 9.17) is 9.98 Å². The zero-order valence-electron chi connectivity index (χ0n) is 23.1. The first-order valence-electron chi connectivity index (χ1n) is 13.9. The van der Waals surface area contributed by atoms with E-state index in [-0.39, 0.29) is 16.8 Å². The van der Waals surface area contributed by atoms with Crippen molar-refractivity contribution in [1.29, 1.82) is 0 Å². The van der Waals surface area contributed by atoms with Crippen molar-refractivity contribution in [3.05, 3.63) is 83.5 Å². The molecule has 0 bridgehead atoms. The van der Waals surface area contributed by atoms with Crippen LogP contribution >= 0.6 is 0 Å².